The number of carbonyl (C=O) groups excluding carboxylic acids is 1. The second kappa shape index (κ2) is 14.8. The fraction of sp³-hybridized carbons (Fsp3) is 0.455. The normalized spacial score (nSPS) is 18.6. The van der Waals surface area contributed by atoms with Crippen LogP contribution in [0.5, 0.6) is 6.01 Å². The highest BCUT2D eigenvalue weighted by molar-refractivity contribution is 5.94. The van der Waals surface area contributed by atoms with E-state index in [4.69, 9.17) is 26.8 Å². The number of aromatic nitrogens is 2. The molecule has 2 aliphatic rings. The van der Waals surface area contributed by atoms with Gasteiger partial charge in [-0.25, -0.2) is 6.57 Å². The summed E-state index contributed by atoms with van der Waals surface area (Å²) in [6.07, 6.45) is 3.31. The number of benzene rings is 2. The van der Waals surface area contributed by atoms with Crippen LogP contribution in [0.25, 0.3) is 15.6 Å². The molecule has 2 aromatic carbocycles. The Kier molecular flexibility index (Phi) is 10.9. The minimum atomic E-state index is -0.103. The van der Waals surface area contributed by atoms with Crippen molar-refractivity contribution in [2.45, 2.75) is 51.4 Å². The van der Waals surface area contributed by atoms with Gasteiger partial charge in [-0.15, -0.1) is 0 Å². The molecule has 3 aromatic rings. The Labute approximate surface area is 254 Å². The molecule has 10 nitrogen and oxygen atoms in total. The fourth-order valence-electron chi connectivity index (χ4n) is 5.79. The number of nitrogen functional groups attached to an aromatic ring is 1. The maximum atomic E-state index is 11.2. The average Bonchev–Trinajstić information content (AvgIpc) is 3.39. The van der Waals surface area contributed by atoms with Crippen molar-refractivity contribution < 1.29 is 14.3 Å². The lowest BCUT2D eigenvalue weighted by atomic mass is 10.0. The Bertz CT molecular complexity index is 1450. The lowest BCUT2D eigenvalue weighted by Crippen LogP contribution is -2.38. The van der Waals surface area contributed by atoms with Gasteiger partial charge in [-0.05, 0) is 51.3 Å². The highest BCUT2D eigenvalue weighted by Gasteiger charge is 2.30. The number of anilines is 2. The Morgan fingerprint density at radius 3 is 2.74 bits per heavy atom. The van der Waals surface area contributed by atoms with Crippen LogP contribution in [-0.2, 0) is 22.5 Å². The molecule has 43 heavy (non-hydrogen) atoms. The highest BCUT2D eigenvalue weighted by atomic mass is 16.5. The lowest BCUT2D eigenvalue weighted by Gasteiger charge is -2.31. The summed E-state index contributed by atoms with van der Waals surface area (Å²) >= 11 is 0. The van der Waals surface area contributed by atoms with Crippen LogP contribution in [-0.4, -0.2) is 90.8 Å². The highest BCUT2D eigenvalue weighted by Crippen LogP contribution is 2.32. The Hall–Kier alpha value is -4.20. The van der Waals surface area contributed by atoms with Crippen molar-refractivity contribution in [2.75, 3.05) is 57.6 Å². The van der Waals surface area contributed by atoms with Gasteiger partial charge >= 0.3 is 6.01 Å². The van der Waals surface area contributed by atoms with E-state index in [2.05, 4.69) is 75.7 Å². The van der Waals surface area contributed by atoms with Gasteiger partial charge in [-0.3, -0.25) is 9.69 Å². The summed E-state index contributed by atoms with van der Waals surface area (Å²) in [6, 6.07) is 15.6. The van der Waals surface area contributed by atoms with Gasteiger partial charge < -0.3 is 29.9 Å². The van der Waals surface area contributed by atoms with Crippen LogP contribution in [0.1, 0.15) is 31.5 Å². The van der Waals surface area contributed by atoms with Gasteiger partial charge in [0.15, 0.2) is 0 Å². The first kappa shape index (κ1) is 31.7. The topological polar surface area (TPSA) is 101 Å². The largest absolute Gasteiger partial charge is 0.462 e. The molecular weight excluding hydrogens is 542 g/mol. The van der Waals surface area contributed by atoms with Crippen molar-refractivity contribution in [3.05, 3.63) is 77.8 Å². The summed E-state index contributed by atoms with van der Waals surface area (Å²) in [5, 5.41) is 2.50. The molecule has 1 amide bonds. The molecule has 1 saturated heterocycles. The molecule has 1 fully saturated rings. The Morgan fingerprint density at radius 2 is 2.05 bits per heavy atom. The first-order valence-corrected chi connectivity index (χ1v) is 14.8. The van der Waals surface area contributed by atoms with E-state index in [9.17, 15) is 4.79 Å². The van der Waals surface area contributed by atoms with E-state index in [-0.39, 0.29) is 24.1 Å². The predicted molar refractivity (Wildman–Crippen MR) is 171 cm³/mol. The van der Waals surface area contributed by atoms with Crippen molar-refractivity contribution in [3.8, 4) is 6.01 Å². The van der Waals surface area contributed by atoms with E-state index in [1.807, 2.05) is 13.8 Å². The molecule has 10 heteroatoms. The van der Waals surface area contributed by atoms with Crippen LogP contribution < -0.4 is 15.4 Å². The summed E-state index contributed by atoms with van der Waals surface area (Å²) in [5.74, 6) is 0.431. The van der Waals surface area contributed by atoms with Crippen LogP contribution in [0.2, 0.25) is 0 Å². The van der Waals surface area contributed by atoms with Gasteiger partial charge in [0.1, 0.15) is 18.5 Å². The van der Waals surface area contributed by atoms with E-state index in [1.165, 1.54) is 22.5 Å². The maximum absolute atomic E-state index is 11.2. The first-order chi connectivity index (χ1) is 20.8. The summed E-state index contributed by atoms with van der Waals surface area (Å²) in [6.45, 7) is 17.8. The smallest absolute Gasteiger partial charge is 0.318 e. The minimum absolute atomic E-state index is 0.0157. The van der Waals surface area contributed by atoms with Crippen molar-refractivity contribution in [1.82, 2.24) is 19.8 Å². The van der Waals surface area contributed by atoms with Gasteiger partial charge in [-0.1, -0.05) is 43.0 Å². The quantitative estimate of drug-likeness (QED) is 0.295. The van der Waals surface area contributed by atoms with Crippen LogP contribution in [0.15, 0.2) is 55.1 Å². The molecule has 0 bridgehead atoms. The molecular formula is C33H43N7O3. The number of fused-ring (bicyclic) bond motifs is 2. The summed E-state index contributed by atoms with van der Waals surface area (Å²) < 4.78 is 11.5. The zero-order chi connectivity index (χ0) is 30.9. The predicted octanol–water partition coefficient (Wildman–Crippen LogP) is 4.20. The van der Waals surface area contributed by atoms with Crippen LogP contribution in [0, 0.1) is 6.57 Å². The molecule has 2 aliphatic heterocycles. The molecule has 0 radical (unpaired) electrons. The summed E-state index contributed by atoms with van der Waals surface area (Å²) in [5.41, 5.74) is 9.51. The number of hydrogen-bond donors (Lipinski definition) is 1. The first-order valence-electron chi connectivity index (χ1n) is 14.8. The molecule has 1 unspecified atom stereocenters. The second-order valence-corrected chi connectivity index (χ2v) is 11.0. The standard InChI is InChI=1S/C24H29N5O2.C9H14N2O/c1-28-13-18(30-2)12-17(28)15-31-24-26-21-14-29(11-10-20(21)23(25)27-24)22-9-5-7-16-6-3-4-8-19(16)22;1-5-9(12)11(6-2)8(3)7-10-4/h3-9,17-18H,10-15H2,1-2H3,(H2,25,26,27);5,8H,1,6-7H2,2-3H3/t17-,18+;/m0./s1. The molecule has 3 heterocycles. The summed E-state index contributed by atoms with van der Waals surface area (Å²) in [4.78, 5) is 29.9. The monoisotopic (exact) mass is 585 g/mol. The van der Waals surface area contributed by atoms with Crippen molar-refractivity contribution >= 4 is 28.2 Å². The number of likely N-dealkylation sites (N-methyl/N-ethyl adjacent to an activating group) is 2. The SMILES string of the molecule is CO[C@@H]1C[C@@H](COc2nc(N)c3c(n2)CN(c2cccc4ccccc24)CC3)N(C)C1.[C-]#[N+]CC(C)N(CC)C(=O)C=C. The molecule has 0 aliphatic carbocycles. The zero-order valence-corrected chi connectivity index (χ0v) is 25.7. The molecule has 0 saturated carbocycles. The minimum Gasteiger partial charge on any atom is -0.462 e. The van der Waals surface area contributed by atoms with Gasteiger partial charge in [0.05, 0.1) is 18.3 Å². The summed E-state index contributed by atoms with van der Waals surface area (Å²) in [7, 11) is 3.86. The average molecular weight is 586 g/mol. The number of hydrogen-bond acceptors (Lipinski definition) is 8. The number of rotatable bonds is 9. The van der Waals surface area contributed by atoms with Crippen molar-refractivity contribution in [2.24, 2.45) is 0 Å². The number of ether oxygens (including phenoxy) is 2. The number of nitrogens with two attached hydrogens (primary N) is 1. The van der Waals surface area contributed by atoms with E-state index in [0.29, 0.717) is 38.1 Å². The molecule has 2 N–H and O–H groups in total. The number of methoxy groups -OCH3 is 1. The third kappa shape index (κ3) is 7.61. The van der Waals surface area contributed by atoms with E-state index >= 15 is 0 Å². The van der Waals surface area contributed by atoms with Gasteiger partial charge in [0.25, 0.3) is 0 Å². The Morgan fingerprint density at radius 1 is 1.28 bits per heavy atom. The van der Waals surface area contributed by atoms with Gasteiger partial charge in [0.2, 0.25) is 12.5 Å². The fourth-order valence-corrected chi connectivity index (χ4v) is 5.79. The van der Waals surface area contributed by atoms with Crippen molar-refractivity contribution in [1.29, 1.82) is 0 Å². The number of amides is 1. The van der Waals surface area contributed by atoms with Crippen molar-refractivity contribution in [3.63, 3.8) is 0 Å². The molecule has 3 atom stereocenters. The molecule has 1 aromatic heterocycles. The number of nitrogens with zero attached hydrogens (tertiary/aromatic N) is 6. The third-order valence-electron chi connectivity index (χ3n) is 8.26. The molecule has 228 valence electrons. The lowest BCUT2D eigenvalue weighted by molar-refractivity contribution is -0.127. The van der Waals surface area contributed by atoms with Gasteiger partial charge in [-0.2, -0.15) is 9.97 Å². The maximum Gasteiger partial charge on any atom is 0.318 e. The van der Waals surface area contributed by atoms with Crippen LogP contribution in [0.4, 0.5) is 11.5 Å². The second-order valence-electron chi connectivity index (χ2n) is 11.0. The molecule has 5 rings (SSSR count). The van der Waals surface area contributed by atoms with E-state index in [0.717, 1.165) is 37.2 Å². The Balaban J connectivity index is 0.000000301. The third-order valence-corrected chi connectivity index (χ3v) is 8.26. The van der Waals surface area contributed by atoms with E-state index in [1.54, 1.807) is 12.0 Å². The number of likely N-dealkylation sites (tertiary alicyclic amines) is 1. The zero-order valence-electron chi connectivity index (χ0n) is 25.7. The molecule has 0 spiro atoms. The van der Waals surface area contributed by atoms with E-state index < -0.39 is 0 Å². The van der Waals surface area contributed by atoms with Gasteiger partial charge in [0, 0.05) is 49.4 Å². The van der Waals surface area contributed by atoms with Crippen LogP contribution >= 0.6 is 0 Å². The van der Waals surface area contributed by atoms with Crippen LogP contribution in [0.3, 0.4) is 0 Å². The number of carbonyl (C=O) groups is 1.